The van der Waals surface area contributed by atoms with Gasteiger partial charge in [0.25, 0.3) is 0 Å². The first-order chi connectivity index (χ1) is 14.7. The smallest absolute Gasteiger partial charge is 0.395 e. The van der Waals surface area contributed by atoms with Crippen LogP contribution in [0.15, 0.2) is 46.1 Å². The molecule has 0 spiro atoms. The van der Waals surface area contributed by atoms with E-state index in [2.05, 4.69) is 9.73 Å². The van der Waals surface area contributed by atoms with Gasteiger partial charge < -0.3 is 30.3 Å². The summed E-state index contributed by atoms with van der Waals surface area (Å²) in [6.45, 7) is 1.19. The van der Waals surface area contributed by atoms with E-state index < -0.39 is 44.3 Å². The van der Waals surface area contributed by atoms with Crippen molar-refractivity contribution in [3.8, 4) is 11.5 Å². The first-order valence-electron chi connectivity index (χ1n) is 9.23. The molecule has 2 aromatic rings. The lowest BCUT2D eigenvalue weighted by atomic mass is 10.2. The van der Waals surface area contributed by atoms with E-state index >= 15 is 0 Å². The molecule has 1 aliphatic heterocycles. The number of aliphatic hydroxyl groups excluding tert-OH is 1. The molecule has 1 aliphatic rings. The quantitative estimate of drug-likeness (QED) is 0.470. The van der Waals surface area contributed by atoms with Gasteiger partial charge in [0.2, 0.25) is 5.75 Å². The third kappa shape index (κ3) is 5.76. The van der Waals surface area contributed by atoms with Crippen LogP contribution in [-0.2, 0) is 9.53 Å². The van der Waals surface area contributed by atoms with Crippen LogP contribution in [0.4, 0.5) is 5.82 Å². The van der Waals surface area contributed by atoms with Crippen molar-refractivity contribution in [3.05, 3.63) is 47.0 Å². The Balaban J connectivity index is 1.65. The summed E-state index contributed by atoms with van der Waals surface area (Å²) in [5, 5.41) is 19.1. The number of aromatic nitrogens is 2. The van der Waals surface area contributed by atoms with Gasteiger partial charge in [-0.1, -0.05) is 16.9 Å². The molecule has 1 fully saturated rings. The number of hydrogen-bond acceptors (Lipinski definition) is 10. The minimum Gasteiger partial charge on any atom is -0.575 e. The molecule has 13 heteroatoms. The third-order valence-electron chi connectivity index (χ3n) is 4.42. The number of ether oxygens (including phenoxy) is 2. The van der Waals surface area contributed by atoms with E-state index in [1.165, 1.54) is 29.8 Å². The normalized spacial score (nSPS) is 22.2. The summed E-state index contributed by atoms with van der Waals surface area (Å²) in [4.78, 5) is 38.4. The molecule has 12 nitrogen and oxygen atoms in total. The fraction of sp³-hybridized carbons (Fsp3) is 0.389. The Kier molecular flexibility index (Phi) is 7.18. The van der Waals surface area contributed by atoms with Crippen molar-refractivity contribution in [2.75, 3.05) is 12.3 Å². The van der Waals surface area contributed by atoms with Crippen molar-refractivity contribution in [3.63, 3.8) is 0 Å². The number of nitrogens with zero attached hydrogens (tertiary/aromatic N) is 3. The number of hydrogen-bond donors (Lipinski definition) is 3. The van der Waals surface area contributed by atoms with Gasteiger partial charge in [0, 0.05) is 12.6 Å². The van der Waals surface area contributed by atoms with E-state index in [1.807, 2.05) is 0 Å². The number of aliphatic hydroxyl groups is 1. The number of anilines is 1. The molecule has 1 saturated heterocycles. The van der Waals surface area contributed by atoms with E-state index in [-0.39, 0.29) is 30.3 Å². The predicted molar refractivity (Wildman–Crippen MR) is 106 cm³/mol. The van der Waals surface area contributed by atoms with Crippen LogP contribution in [0.5, 0.6) is 11.5 Å². The van der Waals surface area contributed by atoms with Crippen molar-refractivity contribution in [1.82, 2.24) is 9.55 Å². The average Bonchev–Trinajstić information content (AvgIpc) is 3.07. The first kappa shape index (κ1) is 22.6. The molecule has 5 atom stereocenters. The zero-order valence-electron chi connectivity index (χ0n) is 16.4. The minimum absolute atomic E-state index is 0.0825. The van der Waals surface area contributed by atoms with E-state index in [0.717, 1.165) is 0 Å². The number of carboxylic acids is 1. The Morgan fingerprint density at radius 3 is 2.84 bits per heavy atom. The van der Waals surface area contributed by atoms with E-state index in [4.69, 9.17) is 24.8 Å². The van der Waals surface area contributed by atoms with Gasteiger partial charge in [-0.25, -0.2) is 9.59 Å². The summed E-state index contributed by atoms with van der Waals surface area (Å²) in [5.74, 6) is -0.851. The summed E-state index contributed by atoms with van der Waals surface area (Å²) >= 11 is 0. The van der Waals surface area contributed by atoms with E-state index in [1.54, 1.807) is 18.2 Å². The fourth-order valence-corrected chi connectivity index (χ4v) is 3.54. The maximum atomic E-state index is 12.0. The van der Waals surface area contributed by atoms with Crippen molar-refractivity contribution < 1.29 is 33.9 Å². The van der Waals surface area contributed by atoms with Crippen molar-refractivity contribution in [2.24, 2.45) is 4.74 Å². The molecule has 166 valence electrons. The van der Waals surface area contributed by atoms with Gasteiger partial charge in [-0.05, 0) is 25.1 Å². The van der Waals surface area contributed by atoms with Crippen molar-refractivity contribution >= 4 is 20.0 Å². The molecule has 3 rings (SSSR count). The standard InChI is InChI=1S/C18H21N4O8P/c1-10(17(24)25)21-31(27)30-13-5-3-2-4-12(13)28-9-14-11(23)8-16(29-14)22-7-6-15(19)20-18(22)26/h2-7,10-11,14,16,23H,8-9H2,1H3,(H,24,25)(H2,19,20,26)/t10?,11-,14+,16+/m0/s1. The van der Waals surface area contributed by atoms with Crippen LogP contribution in [-0.4, -0.2) is 50.6 Å². The summed E-state index contributed by atoms with van der Waals surface area (Å²) in [6.07, 6.45) is -0.817. The highest BCUT2D eigenvalue weighted by Gasteiger charge is 2.36. The van der Waals surface area contributed by atoms with E-state index in [9.17, 15) is 19.6 Å². The summed E-state index contributed by atoms with van der Waals surface area (Å²) in [7, 11) is -2.64. The molecule has 2 heterocycles. The third-order valence-corrected chi connectivity index (χ3v) is 5.31. The summed E-state index contributed by atoms with van der Waals surface area (Å²) in [6, 6.07) is 6.56. The zero-order valence-corrected chi connectivity index (χ0v) is 17.3. The summed E-state index contributed by atoms with van der Waals surface area (Å²) in [5.41, 5.74) is 4.88. The van der Waals surface area contributed by atoms with E-state index in [0.29, 0.717) is 0 Å². The second-order valence-corrected chi connectivity index (χ2v) is 7.58. The first-order valence-corrected chi connectivity index (χ1v) is 10.4. The molecular weight excluding hydrogens is 431 g/mol. The number of para-hydroxylation sites is 2. The highest BCUT2D eigenvalue weighted by molar-refractivity contribution is 7.34. The SMILES string of the molecule is CC(/N=[P+](\[O-])Oc1ccccc1OC[C@H]1O[C@@H](n2ccc(N)nc2=O)C[C@@H]1O)C(=O)O. The molecule has 1 aromatic carbocycles. The largest absolute Gasteiger partial charge is 0.575 e. The number of carbonyl (C=O) groups is 1. The van der Waals surface area contributed by atoms with Gasteiger partial charge in [-0.3, -0.25) is 9.09 Å². The minimum atomic E-state index is -2.64. The fourth-order valence-electron chi connectivity index (χ4n) is 2.80. The summed E-state index contributed by atoms with van der Waals surface area (Å²) < 4.78 is 21.4. The van der Waals surface area contributed by atoms with Gasteiger partial charge in [0.05, 0.1) is 6.10 Å². The second kappa shape index (κ2) is 9.84. The van der Waals surface area contributed by atoms with Crippen LogP contribution in [0.3, 0.4) is 0 Å². The Hall–Kier alpha value is -3.05. The van der Waals surface area contributed by atoms with Crippen LogP contribution in [0.25, 0.3) is 0 Å². The molecule has 1 aromatic heterocycles. The van der Waals surface area contributed by atoms with Crippen molar-refractivity contribution in [2.45, 2.75) is 37.8 Å². The molecule has 0 bridgehead atoms. The lowest BCUT2D eigenvalue weighted by Gasteiger charge is -2.17. The average molecular weight is 452 g/mol. The molecule has 2 unspecified atom stereocenters. The Morgan fingerprint density at radius 1 is 1.45 bits per heavy atom. The molecule has 4 N–H and O–H groups in total. The maximum Gasteiger partial charge on any atom is 0.395 e. The number of nitrogen functional groups attached to an aromatic ring is 1. The van der Waals surface area contributed by atoms with Gasteiger partial charge >= 0.3 is 19.8 Å². The monoisotopic (exact) mass is 452 g/mol. The van der Waals surface area contributed by atoms with Crippen LogP contribution in [0.1, 0.15) is 19.6 Å². The second-order valence-electron chi connectivity index (χ2n) is 6.69. The van der Waals surface area contributed by atoms with Crippen LogP contribution < -0.4 is 25.6 Å². The van der Waals surface area contributed by atoms with Crippen LogP contribution >= 0.6 is 8.17 Å². The van der Waals surface area contributed by atoms with Gasteiger partial charge in [-0.15, -0.1) is 0 Å². The lowest BCUT2D eigenvalue weighted by molar-refractivity contribution is -0.169. The molecule has 0 radical (unpaired) electrons. The van der Waals surface area contributed by atoms with Crippen molar-refractivity contribution in [1.29, 1.82) is 0 Å². The Labute approximate surface area is 177 Å². The van der Waals surface area contributed by atoms with Gasteiger partial charge in [0.1, 0.15) is 24.8 Å². The number of benzene rings is 1. The maximum absolute atomic E-state index is 12.0. The van der Waals surface area contributed by atoms with Crippen LogP contribution in [0, 0.1) is 0 Å². The molecule has 0 aliphatic carbocycles. The predicted octanol–water partition coefficient (Wildman–Crippen LogP) is 0.261. The number of rotatable bonds is 8. The highest BCUT2D eigenvalue weighted by atomic mass is 31.1. The number of aliphatic carboxylic acids is 1. The Morgan fingerprint density at radius 2 is 2.16 bits per heavy atom. The Bertz CT molecular complexity index is 1030. The molecule has 0 saturated carbocycles. The molecule has 0 amide bonds. The van der Waals surface area contributed by atoms with Gasteiger partial charge in [-0.2, -0.15) is 4.98 Å². The van der Waals surface area contributed by atoms with Gasteiger partial charge in [0.15, 0.2) is 11.8 Å². The molecule has 31 heavy (non-hydrogen) atoms. The number of nitrogens with two attached hydrogens (primary N) is 1. The van der Waals surface area contributed by atoms with Crippen LogP contribution in [0.2, 0.25) is 0 Å². The lowest BCUT2D eigenvalue weighted by Crippen LogP contribution is -2.29. The zero-order chi connectivity index (χ0) is 22.5. The highest BCUT2D eigenvalue weighted by Crippen LogP contribution is 2.34. The number of carboxylic acid groups (broad SMARTS) is 1. The topological polar surface area (TPSA) is 182 Å². The molecular formula is C18H21N4O8P.